The number of pyridine rings is 1. The summed E-state index contributed by atoms with van der Waals surface area (Å²) in [6.45, 7) is 4.31. The Labute approximate surface area is 156 Å². The molecule has 3 rings (SSSR count). The molecule has 3 aromatic rings. The van der Waals surface area contributed by atoms with Crippen LogP contribution >= 0.6 is 0 Å². The van der Waals surface area contributed by atoms with E-state index in [2.05, 4.69) is 21.0 Å². The minimum absolute atomic E-state index is 0.0314. The maximum atomic E-state index is 11.6. The molecule has 27 heavy (non-hydrogen) atoms. The van der Waals surface area contributed by atoms with Crippen LogP contribution in [0.4, 0.5) is 10.7 Å². The third-order valence-electron chi connectivity index (χ3n) is 4.21. The lowest BCUT2D eigenvalue weighted by Crippen LogP contribution is -2.32. The number of nitriles is 1. The number of hydrogen-bond donors (Lipinski definition) is 1. The van der Waals surface area contributed by atoms with Crippen LogP contribution in [0.1, 0.15) is 26.0 Å². The van der Waals surface area contributed by atoms with Crippen molar-refractivity contribution in [2.24, 2.45) is 5.92 Å². The summed E-state index contributed by atoms with van der Waals surface area (Å²) in [7, 11) is 0. The predicted molar refractivity (Wildman–Crippen MR) is 102 cm³/mol. The largest absolute Gasteiger partial charge is 0.465 e. The Morgan fingerprint density at radius 2 is 1.93 bits per heavy atom. The maximum Gasteiger partial charge on any atom is 0.414 e. The van der Waals surface area contributed by atoms with E-state index in [0.717, 1.165) is 16.0 Å². The van der Waals surface area contributed by atoms with E-state index in [1.807, 2.05) is 38.1 Å². The summed E-state index contributed by atoms with van der Waals surface area (Å²) in [5, 5.41) is 19.7. The van der Waals surface area contributed by atoms with Crippen LogP contribution in [0.15, 0.2) is 42.7 Å². The van der Waals surface area contributed by atoms with Crippen LogP contribution in [0.2, 0.25) is 0 Å². The molecule has 0 spiro atoms. The number of benzene rings is 1. The van der Waals surface area contributed by atoms with Gasteiger partial charge in [-0.25, -0.2) is 19.7 Å². The first-order valence-electron chi connectivity index (χ1n) is 8.62. The van der Waals surface area contributed by atoms with Crippen LogP contribution < -0.4 is 4.90 Å². The lowest BCUT2D eigenvalue weighted by Gasteiger charge is -2.19. The molecule has 7 heteroatoms. The summed E-state index contributed by atoms with van der Waals surface area (Å²) in [5.41, 5.74) is 2.56. The van der Waals surface area contributed by atoms with Gasteiger partial charge >= 0.3 is 6.09 Å². The molecule has 0 fully saturated rings. The Morgan fingerprint density at radius 3 is 2.56 bits per heavy atom. The fraction of sp³-hybridized carbons (Fsp3) is 0.250. The number of nitrogens with zero attached hydrogens (tertiary/aromatic N) is 5. The highest BCUT2D eigenvalue weighted by Crippen LogP contribution is 2.26. The number of hydrogen-bond acceptors (Lipinski definition) is 5. The highest BCUT2D eigenvalue weighted by Gasteiger charge is 2.20. The van der Waals surface area contributed by atoms with Gasteiger partial charge in [0.2, 0.25) is 5.95 Å². The van der Waals surface area contributed by atoms with E-state index in [1.54, 1.807) is 18.5 Å². The fourth-order valence-electron chi connectivity index (χ4n) is 2.71. The van der Waals surface area contributed by atoms with Crippen molar-refractivity contribution in [3.8, 4) is 17.2 Å². The number of carbonyl (C=O) groups is 1. The summed E-state index contributed by atoms with van der Waals surface area (Å²) in [6.07, 6.45) is 2.94. The van der Waals surface area contributed by atoms with E-state index in [1.165, 1.54) is 0 Å². The number of carboxylic acid groups (broad SMARTS) is 1. The lowest BCUT2D eigenvalue weighted by molar-refractivity contribution is 0.201. The molecule has 0 saturated carbocycles. The van der Waals surface area contributed by atoms with Gasteiger partial charge in [-0.3, -0.25) is 4.98 Å². The fourth-order valence-corrected chi connectivity index (χ4v) is 2.71. The second kappa shape index (κ2) is 7.79. The highest BCUT2D eigenvalue weighted by molar-refractivity contribution is 5.91. The van der Waals surface area contributed by atoms with Crippen LogP contribution in [0.5, 0.6) is 0 Å². The Kier molecular flexibility index (Phi) is 5.27. The van der Waals surface area contributed by atoms with Crippen LogP contribution in [0.25, 0.3) is 22.0 Å². The Bertz CT molecular complexity index is 1010. The lowest BCUT2D eigenvalue weighted by atomic mass is 10.0. The topological polar surface area (TPSA) is 103 Å². The van der Waals surface area contributed by atoms with E-state index in [0.29, 0.717) is 23.2 Å². The van der Waals surface area contributed by atoms with Crippen molar-refractivity contribution in [3.05, 3.63) is 48.4 Å². The van der Waals surface area contributed by atoms with Gasteiger partial charge in [0, 0.05) is 24.3 Å². The molecule has 2 heterocycles. The highest BCUT2D eigenvalue weighted by atomic mass is 16.4. The zero-order chi connectivity index (χ0) is 19.4. The maximum absolute atomic E-state index is 11.6. The third kappa shape index (κ3) is 4.01. The Balaban J connectivity index is 2.07. The van der Waals surface area contributed by atoms with Crippen molar-refractivity contribution in [2.75, 3.05) is 11.4 Å². The molecule has 0 aliphatic heterocycles. The van der Waals surface area contributed by atoms with Gasteiger partial charge < -0.3 is 5.11 Å². The van der Waals surface area contributed by atoms with Gasteiger partial charge in [-0.2, -0.15) is 5.26 Å². The molecule has 1 amide bonds. The van der Waals surface area contributed by atoms with Crippen molar-refractivity contribution >= 4 is 22.9 Å². The molecule has 7 nitrogen and oxygen atoms in total. The van der Waals surface area contributed by atoms with Gasteiger partial charge in [0.15, 0.2) is 5.69 Å². The number of rotatable bonds is 5. The molecule has 0 radical (unpaired) electrons. The first-order valence-corrected chi connectivity index (χ1v) is 8.62. The van der Waals surface area contributed by atoms with Crippen molar-refractivity contribution in [1.82, 2.24) is 15.0 Å². The van der Waals surface area contributed by atoms with Gasteiger partial charge in [-0.1, -0.05) is 19.9 Å². The third-order valence-corrected chi connectivity index (χ3v) is 4.21. The van der Waals surface area contributed by atoms with Gasteiger partial charge in [0.05, 0.1) is 5.52 Å². The standard InChI is InChI=1S/C20H19N5O2/c1-13(2)7-10-25(20(26)27)19-23-17-4-3-15(14-5-8-22-9-6-14)11-16(17)18(12-21)24-19/h3-6,8-9,11,13H,7,10H2,1-2H3,(H,26,27). The molecule has 0 bridgehead atoms. The number of fused-ring (bicyclic) bond motifs is 1. The Hall–Kier alpha value is -3.53. The molecule has 0 atom stereocenters. The summed E-state index contributed by atoms with van der Waals surface area (Å²) in [5.74, 6) is 0.370. The van der Waals surface area contributed by atoms with Gasteiger partial charge in [0.1, 0.15) is 6.07 Å². The monoisotopic (exact) mass is 361 g/mol. The molecule has 1 N–H and O–H groups in total. The second-order valence-electron chi connectivity index (χ2n) is 6.57. The zero-order valence-electron chi connectivity index (χ0n) is 15.1. The minimum Gasteiger partial charge on any atom is -0.465 e. The molecule has 0 aliphatic carbocycles. The van der Waals surface area contributed by atoms with Crippen molar-refractivity contribution in [3.63, 3.8) is 0 Å². The molecule has 0 aliphatic rings. The smallest absolute Gasteiger partial charge is 0.414 e. The minimum atomic E-state index is -1.13. The molecule has 0 unspecified atom stereocenters. The van der Waals surface area contributed by atoms with Crippen LogP contribution in [0, 0.1) is 17.2 Å². The second-order valence-corrected chi connectivity index (χ2v) is 6.57. The molecular weight excluding hydrogens is 342 g/mol. The van der Waals surface area contributed by atoms with Gasteiger partial charge in [0.25, 0.3) is 0 Å². The average Bonchev–Trinajstić information content (AvgIpc) is 2.67. The van der Waals surface area contributed by atoms with Crippen molar-refractivity contribution < 1.29 is 9.90 Å². The molecule has 0 saturated heterocycles. The quantitative estimate of drug-likeness (QED) is 0.734. The normalized spacial score (nSPS) is 10.7. The molecule has 1 aromatic carbocycles. The molecule has 136 valence electrons. The van der Waals surface area contributed by atoms with Crippen LogP contribution in [-0.4, -0.2) is 32.7 Å². The average molecular weight is 361 g/mol. The van der Waals surface area contributed by atoms with Crippen LogP contribution in [0.3, 0.4) is 0 Å². The summed E-state index contributed by atoms with van der Waals surface area (Å²) in [4.78, 5) is 25.3. The number of anilines is 1. The first-order chi connectivity index (χ1) is 13.0. The van der Waals surface area contributed by atoms with Crippen LogP contribution in [-0.2, 0) is 0 Å². The SMILES string of the molecule is CC(C)CCN(C(=O)O)c1nc(C#N)c2cc(-c3ccncc3)ccc2n1. The van der Waals surface area contributed by atoms with E-state index in [4.69, 9.17) is 0 Å². The number of aromatic nitrogens is 3. The molecular formula is C20H19N5O2. The van der Waals surface area contributed by atoms with Crippen molar-refractivity contribution in [2.45, 2.75) is 20.3 Å². The Morgan fingerprint density at radius 1 is 1.19 bits per heavy atom. The van der Waals surface area contributed by atoms with Gasteiger partial charge in [-0.05, 0) is 47.7 Å². The number of amides is 1. The zero-order valence-corrected chi connectivity index (χ0v) is 15.1. The van der Waals surface area contributed by atoms with Gasteiger partial charge in [-0.15, -0.1) is 0 Å². The van der Waals surface area contributed by atoms with E-state index < -0.39 is 6.09 Å². The summed E-state index contributed by atoms with van der Waals surface area (Å²) < 4.78 is 0. The molecule has 2 aromatic heterocycles. The van der Waals surface area contributed by atoms with E-state index >= 15 is 0 Å². The van der Waals surface area contributed by atoms with Crippen molar-refractivity contribution in [1.29, 1.82) is 5.26 Å². The van der Waals surface area contributed by atoms with E-state index in [-0.39, 0.29) is 18.2 Å². The summed E-state index contributed by atoms with van der Waals surface area (Å²) in [6, 6.07) is 11.3. The first kappa shape index (κ1) is 18.3. The van der Waals surface area contributed by atoms with E-state index in [9.17, 15) is 15.2 Å². The summed E-state index contributed by atoms with van der Waals surface area (Å²) >= 11 is 0. The predicted octanol–water partition coefficient (Wildman–Crippen LogP) is 4.09.